The van der Waals surface area contributed by atoms with E-state index in [4.69, 9.17) is 11.6 Å². The Bertz CT molecular complexity index is 207. The molecule has 0 fully saturated rings. The molecule has 3 heteroatoms. The quantitative estimate of drug-likeness (QED) is 0.530. The van der Waals surface area contributed by atoms with E-state index < -0.39 is 0 Å². The first-order valence-corrected chi connectivity index (χ1v) is 2.97. The zero-order valence-corrected chi connectivity index (χ0v) is 6.04. The van der Waals surface area contributed by atoms with E-state index in [2.05, 4.69) is 0 Å². The number of halogens is 2. The van der Waals surface area contributed by atoms with E-state index in [9.17, 15) is 4.39 Å². The third-order valence-electron chi connectivity index (χ3n) is 1.36. The minimum absolute atomic E-state index is 0.220. The molecule has 0 aliphatic heterocycles. The van der Waals surface area contributed by atoms with E-state index in [1.165, 1.54) is 6.20 Å². The van der Waals surface area contributed by atoms with Crippen molar-refractivity contribution in [3.8, 4) is 0 Å². The monoisotopic (exact) mass is 147 g/mol. The van der Waals surface area contributed by atoms with Gasteiger partial charge in [-0.25, -0.2) is 4.39 Å². The molecular formula is C6H7ClFN. The van der Waals surface area contributed by atoms with Crippen molar-refractivity contribution >= 4 is 11.6 Å². The number of nitrogens with zero attached hydrogens (tertiary/aromatic N) is 1. The zero-order chi connectivity index (χ0) is 7.02. The molecule has 0 unspecified atom stereocenters. The van der Waals surface area contributed by atoms with Crippen LogP contribution in [0, 0.1) is 12.7 Å². The molecule has 9 heavy (non-hydrogen) atoms. The van der Waals surface area contributed by atoms with Crippen LogP contribution in [0.25, 0.3) is 0 Å². The van der Waals surface area contributed by atoms with Crippen LogP contribution >= 0.6 is 11.6 Å². The van der Waals surface area contributed by atoms with Gasteiger partial charge < -0.3 is 4.57 Å². The molecule has 1 heterocycles. The minimum atomic E-state index is -0.350. The SMILES string of the molecule is Cc1c(Cl)c(F)cn1C. The molecule has 1 aromatic heterocycles. The normalized spacial score (nSPS) is 10.2. The van der Waals surface area contributed by atoms with Gasteiger partial charge in [0.25, 0.3) is 0 Å². The highest BCUT2D eigenvalue weighted by atomic mass is 35.5. The van der Waals surface area contributed by atoms with Crippen LogP contribution in [-0.2, 0) is 7.05 Å². The highest BCUT2D eigenvalue weighted by Gasteiger charge is 2.05. The first-order chi connectivity index (χ1) is 4.13. The van der Waals surface area contributed by atoms with Crippen LogP contribution in [0.3, 0.4) is 0 Å². The zero-order valence-electron chi connectivity index (χ0n) is 5.28. The van der Waals surface area contributed by atoms with Crippen molar-refractivity contribution in [3.05, 3.63) is 22.7 Å². The number of hydrogen-bond donors (Lipinski definition) is 0. The van der Waals surface area contributed by atoms with Crippen LogP contribution in [0.2, 0.25) is 5.02 Å². The Morgan fingerprint density at radius 1 is 1.67 bits per heavy atom. The highest BCUT2D eigenvalue weighted by molar-refractivity contribution is 6.31. The molecule has 0 spiro atoms. The lowest BCUT2D eigenvalue weighted by atomic mass is 10.5. The fourth-order valence-electron chi connectivity index (χ4n) is 0.651. The van der Waals surface area contributed by atoms with E-state index in [1.54, 1.807) is 18.5 Å². The third-order valence-corrected chi connectivity index (χ3v) is 1.82. The fourth-order valence-corrected chi connectivity index (χ4v) is 0.833. The van der Waals surface area contributed by atoms with Gasteiger partial charge in [-0.15, -0.1) is 0 Å². The van der Waals surface area contributed by atoms with Gasteiger partial charge >= 0.3 is 0 Å². The van der Waals surface area contributed by atoms with Crippen molar-refractivity contribution < 1.29 is 4.39 Å². The molecule has 50 valence electrons. The van der Waals surface area contributed by atoms with Gasteiger partial charge in [-0.1, -0.05) is 11.6 Å². The van der Waals surface area contributed by atoms with Gasteiger partial charge in [-0.3, -0.25) is 0 Å². The van der Waals surface area contributed by atoms with Crippen molar-refractivity contribution in [1.29, 1.82) is 0 Å². The fraction of sp³-hybridized carbons (Fsp3) is 0.333. The van der Waals surface area contributed by atoms with Crippen LogP contribution in [0.4, 0.5) is 4.39 Å². The second-order valence-corrected chi connectivity index (χ2v) is 2.37. The summed E-state index contributed by atoms with van der Waals surface area (Å²) in [4.78, 5) is 0. The van der Waals surface area contributed by atoms with Crippen LogP contribution in [0.5, 0.6) is 0 Å². The molecule has 0 saturated heterocycles. The van der Waals surface area contributed by atoms with E-state index >= 15 is 0 Å². The van der Waals surface area contributed by atoms with E-state index in [0.717, 1.165) is 5.69 Å². The van der Waals surface area contributed by atoms with Crippen molar-refractivity contribution in [2.24, 2.45) is 7.05 Å². The standard InChI is InChI=1S/C6H7ClFN/c1-4-6(7)5(8)3-9(4)2/h3H,1-2H3. The summed E-state index contributed by atoms with van der Waals surface area (Å²) >= 11 is 5.50. The second kappa shape index (κ2) is 2.03. The van der Waals surface area contributed by atoms with Crippen molar-refractivity contribution in [2.45, 2.75) is 6.92 Å². The number of aromatic nitrogens is 1. The Morgan fingerprint density at radius 3 is 2.33 bits per heavy atom. The summed E-state index contributed by atoms with van der Waals surface area (Å²) in [5.41, 5.74) is 0.758. The molecular weight excluding hydrogens is 141 g/mol. The summed E-state index contributed by atoms with van der Waals surface area (Å²) in [7, 11) is 1.75. The van der Waals surface area contributed by atoms with Gasteiger partial charge in [0.05, 0.1) is 5.02 Å². The summed E-state index contributed by atoms with van der Waals surface area (Å²) in [5.74, 6) is -0.350. The van der Waals surface area contributed by atoms with Crippen molar-refractivity contribution in [3.63, 3.8) is 0 Å². The average Bonchev–Trinajstić information content (AvgIpc) is 1.98. The maximum absolute atomic E-state index is 12.4. The summed E-state index contributed by atoms with van der Waals surface area (Å²) in [6, 6.07) is 0. The van der Waals surface area contributed by atoms with Crippen molar-refractivity contribution in [2.75, 3.05) is 0 Å². The Balaban J connectivity index is 3.29. The lowest BCUT2D eigenvalue weighted by Crippen LogP contribution is -1.85. The van der Waals surface area contributed by atoms with Gasteiger partial charge in [0.2, 0.25) is 0 Å². The Labute approximate surface area is 58.0 Å². The summed E-state index contributed by atoms with van der Waals surface area (Å²) in [5, 5.41) is 0.220. The molecule has 1 nitrogen and oxygen atoms in total. The molecule has 0 N–H and O–H groups in total. The molecule has 0 aliphatic rings. The molecule has 1 aromatic rings. The Kier molecular flexibility index (Phi) is 1.49. The predicted octanol–water partition coefficient (Wildman–Crippen LogP) is 2.13. The lowest BCUT2D eigenvalue weighted by molar-refractivity contribution is 0.625. The van der Waals surface area contributed by atoms with Crippen LogP contribution in [-0.4, -0.2) is 4.57 Å². The van der Waals surface area contributed by atoms with Gasteiger partial charge in [0.1, 0.15) is 0 Å². The Morgan fingerprint density at radius 2 is 2.22 bits per heavy atom. The predicted molar refractivity (Wildman–Crippen MR) is 35.1 cm³/mol. The smallest absolute Gasteiger partial charge is 0.159 e. The molecule has 0 bridgehead atoms. The molecule has 0 aromatic carbocycles. The van der Waals surface area contributed by atoms with Gasteiger partial charge in [0, 0.05) is 18.9 Å². The third kappa shape index (κ3) is 0.944. The number of aryl methyl sites for hydroxylation is 1. The number of hydrogen-bond acceptors (Lipinski definition) is 0. The second-order valence-electron chi connectivity index (χ2n) is 1.99. The maximum atomic E-state index is 12.4. The first kappa shape index (κ1) is 6.62. The van der Waals surface area contributed by atoms with Crippen LogP contribution in [0.1, 0.15) is 5.69 Å². The molecule has 0 amide bonds. The molecule has 0 saturated carbocycles. The largest absolute Gasteiger partial charge is 0.350 e. The summed E-state index contributed by atoms with van der Waals surface area (Å²) < 4.78 is 14.1. The van der Waals surface area contributed by atoms with Gasteiger partial charge in [-0.05, 0) is 6.92 Å². The average molecular weight is 148 g/mol. The van der Waals surface area contributed by atoms with E-state index in [-0.39, 0.29) is 10.8 Å². The highest BCUT2D eigenvalue weighted by Crippen LogP contribution is 2.19. The van der Waals surface area contributed by atoms with Crippen LogP contribution in [0.15, 0.2) is 6.20 Å². The van der Waals surface area contributed by atoms with Gasteiger partial charge in [-0.2, -0.15) is 0 Å². The van der Waals surface area contributed by atoms with E-state index in [1.807, 2.05) is 0 Å². The van der Waals surface area contributed by atoms with Crippen LogP contribution < -0.4 is 0 Å². The molecule has 0 aliphatic carbocycles. The lowest BCUT2D eigenvalue weighted by Gasteiger charge is -1.91. The first-order valence-electron chi connectivity index (χ1n) is 2.60. The minimum Gasteiger partial charge on any atom is -0.350 e. The van der Waals surface area contributed by atoms with Crippen molar-refractivity contribution in [1.82, 2.24) is 4.57 Å². The summed E-state index contributed by atoms with van der Waals surface area (Å²) in [6.07, 6.45) is 1.36. The van der Waals surface area contributed by atoms with E-state index in [0.29, 0.717) is 0 Å². The Hall–Kier alpha value is -0.500. The number of rotatable bonds is 0. The topological polar surface area (TPSA) is 4.93 Å². The summed E-state index contributed by atoms with van der Waals surface area (Å²) in [6.45, 7) is 1.77. The molecule has 0 radical (unpaired) electrons. The van der Waals surface area contributed by atoms with Gasteiger partial charge in [0.15, 0.2) is 5.82 Å². The molecule has 0 atom stereocenters. The molecule has 1 rings (SSSR count). The maximum Gasteiger partial charge on any atom is 0.159 e.